The Hall–Kier alpha value is 0.620. The van der Waals surface area contributed by atoms with Crippen molar-refractivity contribution in [3.8, 4) is 0 Å². The van der Waals surface area contributed by atoms with E-state index in [1.54, 1.807) is 0 Å². The summed E-state index contributed by atoms with van der Waals surface area (Å²) in [6.07, 6.45) is 8.83. The van der Waals surface area contributed by atoms with Gasteiger partial charge in [-0.15, -0.1) is 0 Å². The zero-order chi connectivity index (χ0) is 13.8. The van der Waals surface area contributed by atoms with E-state index in [-0.39, 0.29) is 0 Å². The van der Waals surface area contributed by atoms with Crippen molar-refractivity contribution >= 4 is 23.5 Å². The van der Waals surface area contributed by atoms with Crippen molar-refractivity contribution in [1.82, 2.24) is 5.32 Å². The summed E-state index contributed by atoms with van der Waals surface area (Å²) in [6, 6.07) is 0.729. The van der Waals surface area contributed by atoms with Crippen LogP contribution in [0.3, 0.4) is 0 Å². The highest BCUT2D eigenvalue weighted by atomic mass is 32.2. The normalized spacial score (nSPS) is 36.8. The molecule has 3 aliphatic rings. The van der Waals surface area contributed by atoms with Crippen LogP contribution in [0.5, 0.6) is 0 Å². The van der Waals surface area contributed by atoms with Crippen LogP contribution in [0, 0.1) is 5.41 Å². The van der Waals surface area contributed by atoms with Gasteiger partial charge in [0.25, 0.3) is 0 Å². The molecule has 3 rings (SSSR count). The Morgan fingerprint density at radius 2 is 2.05 bits per heavy atom. The van der Waals surface area contributed by atoms with Crippen molar-refractivity contribution in [3.63, 3.8) is 0 Å². The summed E-state index contributed by atoms with van der Waals surface area (Å²) in [5.41, 5.74) is 0.487. The number of rotatable bonds is 5. The summed E-state index contributed by atoms with van der Waals surface area (Å²) < 4.78 is 6.04. The smallest absolute Gasteiger partial charge is 0.0661 e. The third kappa shape index (κ3) is 3.18. The Morgan fingerprint density at radius 1 is 1.20 bits per heavy atom. The monoisotopic (exact) mass is 315 g/mol. The maximum Gasteiger partial charge on any atom is 0.0661 e. The molecular formula is C16H29NOS2. The van der Waals surface area contributed by atoms with Crippen LogP contribution in [0.1, 0.15) is 45.4 Å². The van der Waals surface area contributed by atoms with Gasteiger partial charge in [-0.05, 0) is 26.2 Å². The molecule has 0 aromatic carbocycles. The van der Waals surface area contributed by atoms with E-state index in [9.17, 15) is 0 Å². The molecular weight excluding hydrogens is 286 g/mol. The molecule has 2 nitrogen and oxygen atoms in total. The van der Waals surface area contributed by atoms with E-state index >= 15 is 0 Å². The van der Waals surface area contributed by atoms with Gasteiger partial charge in [0.05, 0.1) is 6.10 Å². The van der Waals surface area contributed by atoms with Crippen molar-refractivity contribution in [3.05, 3.63) is 0 Å². The quantitative estimate of drug-likeness (QED) is 0.837. The Balaban J connectivity index is 1.52. The second-order valence-corrected chi connectivity index (χ2v) is 9.06. The molecule has 2 saturated carbocycles. The van der Waals surface area contributed by atoms with E-state index in [2.05, 4.69) is 35.8 Å². The second-order valence-electron chi connectivity index (χ2n) is 6.50. The lowest BCUT2D eigenvalue weighted by Crippen LogP contribution is -2.65. The maximum absolute atomic E-state index is 6.04. The van der Waals surface area contributed by atoms with Crippen LogP contribution in [-0.2, 0) is 4.74 Å². The molecule has 116 valence electrons. The third-order valence-corrected chi connectivity index (χ3v) is 8.26. The number of nitrogens with one attached hydrogen (secondary N) is 1. The molecule has 3 fully saturated rings. The fourth-order valence-electron chi connectivity index (χ4n) is 4.28. The van der Waals surface area contributed by atoms with Crippen molar-refractivity contribution in [2.45, 2.75) is 62.8 Å². The van der Waals surface area contributed by atoms with Gasteiger partial charge in [-0.25, -0.2) is 0 Å². The summed E-state index contributed by atoms with van der Waals surface area (Å²) in [6.45, 7) is 4.24. The standard InChI is InChI=1S/C16H29NOS2/c1-2-18-15-10-14(16(15)6-4-3-5-7-16)17-11-13-12-19-8-9-20-13/h13-15,17H,2-12H2,1H3. The topological polar surface area (TPSA) is 21.3 Å². The van der Waals surface area contributed by atoms with Gasteiger partial charge >= 0.3 is 0 Å². The molecule has 3 unspecified atom stereocenters. The van der Waals surface area contributed by atoms with Gasteiger partial charge < -0.3 is 10.1 Å². The fourth-order valence-corrected chi connectivity index (χ4v) is 6.90. The molecule has 1 spiro atoms. The molecule has 0 aromatic heterocycles. The van der Waals surface area contributed by atoms with E-state index in [4.69, 9.17) is 4.74 Å². The summed E-state index contributed by atoms with van der Waals surface area (Å²) in [4.78, 5) is 0. The number of hydrogen-bond acceptors (Lipinski definition) is 4. The van der Waals surface area contributed by atoms with Crippen LogP contribution < -0.4 is 5.32 Å². The lowest BCUT2D eigenvalue weighted by molar-refractivity contribution is -0.149. The van der Waals surface area contributed by atoms with E-state index in [1.807, 2.05) is 0 Å². The summed E-state index contributed by atoms with van der Waals surface area (Å²) >= 11 is 4.30. The predicted octanol–water partition coefficient (Wildman–Crippen LogP) is 3.55. The number of hydrogen-bond donors (Lipinski definition) is 1. The molecule has 0 aromatic rings. The predicted molar refractivity (Wildman–Crippen MR) is 90.9 cm³/mol. The molecule has 0 radical (unpaired) electrons. The van der Waals surface area contributed by atoms with Crippen molar-refractivity contribution in [2.24, 2.45) is 5.41 Å². The van der Waals surface area contributed by atoms with Crippen LogP contribution in [0.4, 0.5) is 0 Å². The molecule has 1 N–H and O–H groups in total. The van der Waals surface area contributed by atoms with Gasteiger partial charge in [-0.2, -0.15) is 23.5 Å². The average molecular weight is 316 g/mol. The molecule has 1 saturated heterocycles. The Labute approximate surface area is 132 Å². The molecule has 0 bridgehead atoms. The first-order chi connectivity index (χ1) is 9.85. The summed E-state index contributed by atoms with van der Waals surface area (Å²) in [5.74, 6) is 4.03. The van der Waals surface area contributed by atoms with Crippen LogP contribution in [0.15, 0.2) is 0 Å². The molecule has 2 aliphatic carbocycles. The van der Waals surface area contributed by atoms with E-state index in [0.717, 1.165) is 17.9 Å². The minimum absolute atomic E-state index is 0.487. The van der Waals surface area contributed by atoms with Gasteiger partial charge in [0.1, 0.15) is 0 Å². The van der Waals surface area contributed by atoms with Crippen LogP contribution in [-0.4, -0.2) is 47.8 Å². The summed E-state index contributed by atoms with van der Waals surface area (Å²) in [5, 5.41) is 4.76. The largest absolute Gasteiger partial charge is 0.378 e. The minimum atomic E-state index is 0.487. The van der Waals surface area contributed by atoms with E-state index in [1.165, 1.54) is 62.3 Å². The van der Waals surface area contributed by atoms with E-state index < -0.39 is 0 Å². The van der Waals surface area contributed by atoms with Gasteiger partial charge in [0.15, 0.2) is 0 Å². The lowest BCUT2D eigenvalue weighted by atomic mass is 9.55. The second kappa shape index (κ2) is 7.26. The zero-order valence-electron chi connectivity index (χ0n) is 12.7. The van der Waals surface area contributed by atoms with Crippen LogP contribution >= 0.6 is 23.5 Å². The molecule has 0 amide bonds. The molecule has 3 atom stereocenters. The number of thioether (sulfide) groups is 2. The van der Waals surface area contributed by atoms with Gasteiger partial charge in [-0.3, -0.25) is 0 Å². The molecule has 1 heterocycles. The first-order valence-corrected chi connectivity index (χ1v) is 10.6. The SMILES string of the molecule is CCOC1CC(NCC2CSCCS2)C12CCCCC2. The fraction of sp³-hybridized carbons (Fsp3) is 1.00. The van der Waals surface area contributed by atoms with Crippen molar-refractivity contribution in [2.75, 3.05) is 30.4 Å². The lowest BCUT2D eigenvalue weighted by Gasteiger charge is -2.58. The highest BCUT2D eigenvalue weighted by Crippen LogP contribution is 2.53. The van der Waals surface area contributed by atoms with Gasteiger partial charge in [0.2, 0.25) is 0 Å². The van der Waals surface area contributed by atoms with Gasteiger partial charge in [0, 0.05) is 47.1 Å². The van der Waals surface area contributed by atoms with Crippen LogP contribution in [0.2, 0.25) is 0 Å². The first kappa shape index (κ1) is 15.5. The highest BCUT2D eigenvalue weighted by Gasteiger charge is 2.55. The summed E-state index contributed by atoms with van der Waals surface area (Å²) in [7, 11) is 0. The third-order valence-electron chi connectivity index (χ3n) is 5.41. The Kier molecular flexibility index (Phi) is 5.63. The van der Waals surface area contributed by atoms with Gasteiger partial charge in [-0.1, -0.05) is 19.3 Å². The zero-order valence-corrected chi connectivity index (χ0v) is 14.4. The molecule has 1 aliphatic heterocycles. The van der Waals surface area contributed by atoms with Crippen molar-refractivity contribution < 1.29 is 4.74 Å². The Bertz CT molecular complexity index is 301. The molecule has 4 heteroatoms. The Morgan fingerprint density at radius 3 is 2.75 bits per heavy atom. The van der Waals surface area contributed by atoms with E-state index in [0.29, 0.717) is 11.5 Å². The highest BCUT2D eigenvalue weighted by molar-refractivity contribution is 8.06. The minimum Gasteiger partial charge on any atom is -0.378 e. The maximum atomic E-state index is 6.04. The molecule has 20 heavy (non-hydrogen) atoms. The van der Waals surface area contributed by atoms with Crippen molar-refractivity contribution in [1.29, 1.82) is 0 Å². The average Bonchev–Trinajstić information content (AvgIpc) is 2.52. The van der Waals surface area contributed by atoms with Crippen LogP contribution in [0.25, 0.3) is 0 Å². The first-order valence-electron chi connectivity index (χ1n) is 8.39. The number of ether oxygens (including phenoxy) is 1.